The Bertz CT molecular complexity index is 557. The predicted molar refractivity (Wildman–Crippen MR) is 97.3 cm³/mol. The number of ether oxygens (including phenoxy) is 1. The Kier molecular flexibility index (Phi) is 6.38. The molecular weight excluding hydrogens is 320 g/mol. The van der Waals surface area contributed by atoms with E-state index >= 15 is 0 Å². The second-order valence-electron chi connectivity index (χ2n) is 6.74. The van der Waals surface area contributed by atoms with Gasteiger partial charge in [0.25, 0.3) is 0 Å². The molecule has 2 aliphatic rings. The van der Waals surface area contributed by atoms with Crippen LogP contribution in [-0.4, -0.2) is 29.0 Å². The van der Waals surface area contributed by atoms with Gasteiger partial charge in [-0.2, -0.15) is 0 Å². The van der Waals surface area contributed by atoms with Crippen LogP contribution in [0, 0.1) is 11.8 Å². The molecule has 3 nitrogen and oxygen atoms in total. The minimum atomic E-state index is -0.706. The van der Waals surface area contributed by atoms with Crippen LogP contribution in [0.5, 0.6) is 0 Å². The van der Waals surface area contributed by atoms with Crippen LogP contribution in [0.1, 0.15) is 38.5 Å². The predicted octanol–water partition coefficient (Wildman–Crippen LogP) is 4.77. The molecule has 2 fully saturated rings. The maximum absolute atomic E-state index is 10.5. The van der Waals surface area contributed by atoms with Gasteiger partial charge in [0.15, 0.2) is 0 Å². The van der Waals surface area contributed by atoms with Crippen LogP contribution < -0.4 is 0 Å². The third-order valence-electron chi connectivity index (χ3n) is 5.11. The highest BCUT2D eigenvalue weighted by Crippen LogP contribution is 2.47. The van der Waals surface area contributed by atoms with Crippen molar-refractivity contribution in [3.63, 3.8) is 0 Å². The van der Waals surface area contributed by atoms with Crippen molar-refractivity contribution in [2.75, 3.05) is 5.75 Å². The molecule has 0 spiro atoms. The van der Waals surface area contributed by atoms with Crippen molar-refractivity contribution in [1.29, 1.82) is 0 Å². The average Bonchev–Trinajstić information content (AvgIpc) is 3.18. The van der Waals surface area contributed by atoms with E-state index in [0.717, 1.165) is 25.0 Å². The van der Waals surface area contributed by atoms with Gasteiger partial charge in [-0.15, -0.1) is 11.8 Å². The first-order chi connectivity index (χ1) is 11.7. The summed E-state index contributed by atoms with van der Waals surface area (Å²) in [5.41, 5.74) is 0. The van der Waals surface area contributed by atoms with Crippen LogP contribution in [0.15, 0.2) is 47.4 Å². The molecule has 1 aromatic carbocycles. The maximum atomic E-state index is 10.5. The van der Waals surface area contributed by atoms with Crippen LogP contribution in [0.3, 0.4) is 0 Å². The van der Waals surface area contributed by atoms with Gasteiger partial charge >= 0.3 is 5.97 Å². The number of hydrogen-bond donors (Lipinski definition) is 1. The number of allylic oxidation sites excluding steroid dienone is 2. The molecule has 2 saturated heterocycles. The van der Waals surface area contributed by atoms with E-state index in [-0.39, 0.29) is 6.42 Å². The summed E-state index contributed by atoms with van der Waals surface area (Å²) in [7, 11) is 0. The first-order valence-corrected chi connectivity index (χ1v) is 9.92. The van der Waals surface area contributed by atoms with E-state index in [0.29, 0.717) is 24.0 Å². The van der Waals surface area contributed by atoms with Gasteiger partial charge in [0, 0.05) is 23.0 Å². The SMILES string of the molecule is O=C(O)CCC/C=C\C[C@@H]1[C@@H](CSc2ccccc2)[C@@H]2CC[C@H]1O2. The van der Waals surface area contributed by atoms with Crippen molar-refractivity contribution in [1.82, 2.24) is 0 Å². The van der Waals surface area contributed by atoms with Gasteiger partial charge in [-0.1, -0.05) is 30.4 Å². The second-order valence-corrected chi connectivity index (χ2v) is 7.83. The Hall–Kier alpha value is -1.26. The molecule has 0 unspecified atom stereocenters. The van der Waals surface area contributed by atoms with Crippen molar-refractivity contribution in [2.24, 2.45) is 11.8 Å². The van der Waals surface area contributed by atoms with Crippen LogP contribution in [0.25, 0.3) is 0 Å². The van der Waals surface area contributed by atoms with E-state index in [9.17, 15) is 4.79 Å². The molecule has 0 amide bonds. The highest BCUT2D eigenvalue weighted by molar-refractivity contribution is 7.99. The zero-order chi connectivity index (χ0) is 16.8. The number of rotatable bonds is 9. The third kappa shape index (κ3) is 4.64. The Morgan fingerprint density at radius 1 is 1.17 bits per heavy atom. The lowest BCUT2D eigenvalue weighted by Crippen LogP contribution is -2.28. The summed E-state index contributed by atoms with van der Waals surface area (Å²) in [6, 6.07) is 10.6. The van der Waals surface area contributed by atoms with Gasteiger partial charge in [-0.3, -0.25) is 4.79 Å². The topological polar surface area (TPSA) is 46.5 Å². The number of carboxylic acid groups (broad SMARTS) is 1. The van der Waals surface area contributed by atoms with E-state index in [1.165, 1.54) is 17.7 Å². The molecule has 0 aromatic heterocycles. The largest absolute Gasteiger partial charge is 0.481 e. The van der Waals surface area contributed by atoms with Crippen LogP contribution in [0.2, 0.25) is 0 Å². The van der Waals surface area contributed by atoms with Gasteiger partial charge in [0.05, 0.1) is 12.2 Å². The first kappa shape index (κ1) is 17.6. The lowest BCUT2D eigenvalue weighted by Gasteiger charge is -2.27. The third-order valence-corrected chi connectivity index (χ3v) is 6.27. The van der Waals surface area contributed by atoms with E-state index in [1.54, 1.807) is 0 Å². The number of benzene rings is 1. The highest BCUT2D eigenvalue weighted by atomic mass is 32.2. The fraction of sp³-hybridized carbons (Fsp3) is 0.550. The summed E-state index contributed by atoms with van der Waals surface area (Å²) in [6.07, 6.45) is 10.6. The van der Waals surface area contributed by atoms with E-state index in [2.05, 4.69) is 42.5 Å². The molecule has 1 aromatic rings. The summed E-state index contributed by atoms with van der Waals surface area (Å²) in [5, 5.41) is 8.66. The van der Waals surface area contributed by atoms with E-state index in [4.69, 9.17) is 9.84 Å². The van der Waals surface area contributed by atoms with Gasteiger partial charge < -0.3 is 9.84 Å². The Labute approximate surface area is 148 Å². The lowest BCUT2D eigenvalue weighted by molar-refractivity contribution is -0.137. The Balaban J connectivity index is 1.47. The molecule has 2 heterocycles. The Morgan fingerprint density at radius 2 is 1.92 bits per heavy atom. The summed E-state index contributed by atoms with van der Waals surface area (Å²) >= 11 is 1.94. The molecule has 24 heavy (non-hydrogen) atoms. The summed E-state index contributed by atoms with van der Waals surface area (Å²) in [4.78, 5) is 11.9. The van der Waals surface area contributed by atoms with E-state index < -0.39 is 5.97 Å². The number of carboxylic acids is 1. The lowest BCUT2D eigenvalue weighted by atomic mass is 9.78. The van der Waals surface area contributed by atoms with Crippen molar-refractivity contribution in [2.45, 2.75) is 55.6 Å². The average molecular weight is 346 g/mol. The molecule has 1 N–H and O–H groups in total. The minimum absolute atomic E-state index is 0.262. The minimum Gasteiger partial charge on any atom is -0.481 e. The molecular formula is C20H26O3S. The normalized spacial score (nSPS) is 28.7. The van der Waals surface area contributed by atoms with Crippen molar-refractivity contribution < 1.29 is 14.6 Å². The van der Waals surface area contributed by atoms with Crippen LogP contribution >= 0.6 is 11.8 Å². The van der Waals surface area contributed by atoms with Gasteiger partial charge in [-0.05, 0) is 50.2 Å². The maximum Gasteiger partial charge on any atom is 0.303 e. The molecule has 2 bridgehead atoms. The van der Waals surface area contributed by atoms with Crippen molar-refractivity contribution >= 4 is 17.7 Å². The zero-order valence-electron chi connectivity index (χ0n) is 14.0. The number of thioether (sulfide) groups is 1. The van der Waals surface area contributed by atoms with Crippen LogP contribution in [-0.2, 0) is 9.53 Å². The molecule has 0 saturated carbocycles. The highest BCUT2D eigenvalue weighted by Gasteiger charge is 2.47. The number of fused-ring (bicyclic) bond motifs is 2. The van der Waals surface area contributed by atoms with Crippen LogP contribution in [0.4, 0.5) is 0 Å². The molecule has 3 rings (SSSR count). The summed E-state index contributed by atoms with van der Waals surface area (Å²) in [6.45, 7) is 0. The molecule has 0 aliphatic carbocycles. The van der Waals surface area contributed by atoms with E-state index in [1.807, 2.05) is 11.8 Å². The molecule has 4 heteroatoms. The molecule has 0 radical (unpaired) electrons. The molecule has 4 atom stereocenters. The van der Waals surface area contributed by atoms with Crippen molar-refractivity contribution in [3.8, 4) is 0 Å². The summed E-state index contributed by atoms with van der Waals surface area (Å²) < 4.78 is 6.17. The molecule has 130 valence electrons. The number of carbonyl (C=O) groups is 1. The monoisotopic (exact) mass is 346 g/mol. The zero-order valence-corrected chi connectivity index (χ0v) is 14.8. The number of unbranched alkanes of at least 4 members (excludes halogenated alkanes) is 1. The Morgan fingerprint density at radius 3 is 2.67 bits per heavy atom. The quantitative estimate of drug-likeness (QED) is 0.397. The van der Waals surface area contributed by atoms with Gasteiger partial charge in [-0.25, -0.2) is 0 Å². The summed E-state index contributed by atoms with van der Waals surface area (Å²) in [5.74, 6) is 1.68. The van der Waals surface area contributed by atoms with Gasteiger partial charge in [0.1, 0.15) is 0 Å². The fourth-order valence-corrected chi connectivity index (χ4v) is 5.08. The standard InChI is InChI=1S/C20H26O3S/c21-20(22)11-7-2-1-6-10-16-17(19-13-12-18(16)23-19)14-24-15-8-4-3-5-9-15/h1,3-6,8-9,16-19H,2,7,10-14H2,(H,21,22)/b6-1-/t16-,17-,18-,19+/m1/s1. The molecule has 2 aliphatic heterocycles. The number of hydrogen-bond acceptors (Lipinski definition) is 3. The smallest absolute Gasteiger partial charge is 0.303 e. The number of aliphatic carboxylic acids is 1. The van der Waals surface area contributed by atoms with Gasteiger partial charge in [0.2, 0.25) is 0 Å². The first-order valence-electron chi connectivity index (χ1n) is 8.94. The van der Waals surface area contributed by atoms with Crippen molar-refractivity contribution in [3.05, 3.63) is 42.5 Å². The fourth-order valence-electron chi connectivity index (χ4n) is 3.88. The second kappa shape index (κ2) is 8.72.